The Kier molecular flexibility index (Phi) is 4.86. The summed E-state index contributed by atoms with van der Waals surface area (Å²) in [4.78, 5) is 0. The van der Waals surface area contributed by atoms with E-state index in [1.54, 1.807) is 0 Å². The maximum Gasteiger partial charge on any atom is 0.143 e. The number of hydrogen-bond acceptors (Lipinski definition) is 2. The van der Waals surface area contributed by atoms with Crippen molar-refractivity contribution in [2.24, 2.45) is 0 Å². The van der Waals surface area contributed by atoms with Gasteiger partial charge < -0.3 is 9.73 Å². The molecule has 3 heteroatoms. The van der Waals surface area contributed by atoms with Crippen LogP contribution in [-0.2, 0) is 5.41 Å². The molecule has 0 aliphatic heterocycles. The smallest absolute Gasteiger partial charge is 0.143 e. The molecule has 0 atom stereocenters. The fraction of sp³-hybridized carbons (Fsp3) is 0.143. The standard InChI is InChI=1S/C28H24BrNO/c1-28(2,3)19-13-16-24(29)25(17-19)30-20-14-11-18(12-15-20)21-8-6-9-23-22-7-4-5-10-26(22)31-27(21)23/h4-17,30H,1-3H3. The van der Waals surface area contributed by atoms with E-state index in [2.05, 4.69) is 115 Å². The molecule has 154 valence electrons. The fourth-order valence-corrected chi connectivity index (χ4v) is 4.30. The van der Waals surface area contributed by atoms with Crippen LogP contribution in [0.3, 0.4) is 0 Å². The van der Waals surface area contributed by atoms with Crippen molar-refractivity contribution < 1.29 is 4.42 Å². The quantitative estimate of drug-likeness (QED) is 0.285. The first kappa shape index (κ1) is 19.9. The summed E-state index contributed by atoms with van der Waals surface area (Å²) in [5, 5.41) is 5.86. The Hall–Kier alpha value is -3.04. The van der Waals surface area contributed by atoms with Crippen molar-refractivity contribution in [3.05, 3.63) is 95.0 Å². The van der Waals surface area contributed by atoms with Crippen LogP contribution in [0.4, 0.5) is 11.4 Å². The van der Waals surface area contributed by atoms with Gasteiger partial charge in [-0.25, -0.2) is 0 Å². The Bertz CT molecular complexity index is 1390. The van der Waals surface area contributed by atoms with Crippen molar-refractivity contribution in [1.82, 2.24) is 0 Å². The minimum atomic E-state index is 0.103. The maximum absolute atomic E-state index is 6.20. The van der Waals surface area contributed by atoms with Crippen LogP contribution in [0.5, 0.6) is 0 Å². The average molecular weight is 470 g/mol. The van der Waals surface area contributed by atoms with E-state index in [-0.39, 0.29) is 5.41 Å². The number of hydrogen-bond donors (Lipinski definition) is 1. The van der Waals surface area contributed by atoms with Gasteiger partial charge in [0.25, 0.3) is 0 Å². The third kappa shape index (κ3) is 3.75. The van der Waals surface area contributed by atoms with Gasteiger partial charge in [-0.15, -0.1) is 0 Å². The Morgan fingerprint density at radius 1 is 0.774 bits per heavy atom. The zero-order chi connectivity index (χ0) is 21.6. The maximum atomic E-state index is 6.20. The molecule has 31 heavy (non-hydrogen) atoms. The van der Waals surface area contributed by atoms with Crippen molar-refractivity contribution >= 4 is 49.2 Å². The molecule has 0 amide bonds. The van der Waals surface area contributed by atoms with Gasteiger partial charge in [-0.05, 0) is 62.8 Å². The molecule has 0 bridgehead atoms. The van der Waals surface area contributed by atoms with E-state index in [4.69, 9.17) is 4.42 Å². The van der Waals surface area contributed by atoms with Crippen LogP contribution >= 0.6 is 15.9 Å². The molecule has 0 aliphatic rings. The van der Waals surface area contributed by atoms with Crippen molar-refractivity contribution in [3.8, 4) is 11.1 Å². The normalized spacial score (nSPS) is 11.9. The van der Waals surface area contributed by atoms with Crippen molar-refractivity contribution in [1.29, 1.82) is 0 Å². The highest BCUT2D eigenvalue weighted by Crippen LogP contribution is 2.37. The van der Waals surface area contributed by atoms with Gasteiger partial charge in [-0.1, -0.05) is 75.4 Å². The number of benzene rings is 4. The first-order valence-electron chi connectivity index (χ1n) is 10.5. The van der Waals surface area contributed by atoms with Crippen LogP contribution in [0.2, 0.25) is 0 Å². The molecule has 0 unspecified atom stereocenters. The van der Waals surface area contributed by atoms with Gasteiger partial charge in [0.05, 0.1) is 5.69 Å². The number of furan rings is 1. The topological polar surface area (TPSA) is 25.2 Å². The number of halogens is 1. The van der Waals surface area contributed by atoms with Crippen LogP contribution in [0.15, 0.2) is 93.8 Å². The van der Waals surface area contributed by atoms with Gasteiger partial charge in [0.2, 0.25) is 0 Å². The SMILES string of the molecule is CC(C)(C)c1ccc(Br)c(Nc2ccc(-c3cccc4c3oc3ccccc34)cc2)c1. The molecule has 1 heterocycles. The van der Waals surface area contributed by atoms with Crippen molar-refractivity contribution in [3.63, 3.8) is 0 Å². The lowest BCUT2D eigenvalue weighted by Gasteiger charge is -2.21. The van der Waals surface area contributed by atoms with Gasteiger partial charge in [-0.2, -0.15) is 0 Å². The minimum absolute atomic E-state index is 0.103. The molecule has 1 aromatic heterocycles. The molecular weight excluding hydrogens is 446 g/mol. The Morgan fingerprint density at radius 3 is 2.29 bits per heavy atom. The summed E-state index contributed by atoms with van der Waals surface area (Å²) in [6, 6.07) is 29.6. The summed E-state index contributed by atoms with van der Waals surface area (Å²) < 4.78 is 7.26. The van der Waals surface area contributed by atoms with E-state index < -0.39 is 0 Å². The molecule has 0 fully saturated rings. The zero-order valence-corrected chi connectivity index (χ0v) is 19.5. The highest BCUT2D eigenvalue weighted by atomic mass is 79.9. The van der Waals surface area contributed by atoms with E-state index in [1.807, 2.05) is 12.1 Å². The predicted molar refractivity (Wildman–Crippen MR) is 135 cm³/mol. The second-order valence-corrected chi connectivity index (χ2v) is 9.78. The molecule has 0 radical (unpaired) electrons. The van der Waals surface area contributed by atoms with Gasteiger partial charge in [0, 0.05) is 26.5 Å². The minimum Gasteiger partial charge on any atom is -0.455 e. The Balaban J connectivity index is 1.49. The van der Waals surface area contributed by atoms with Gasteiger partial charge >= 0.3 is 0 Å². The first-order chi connectivity index (χ1) is 14.9. The largest absolute Gasteiger partial charge is 0.455 e. The lowest BCUT2D eigenvalue weighted by molar-refractivity contribution is 0.590. The zero-order valence-electron chi connectivity index (χ0n) is 17.9. The summed E-state index contributed by atoms with van der Waals surface area (Å²) >= 11 is 3.67. The second-order valence-electron chi connectivity index (χ2n) is 8.93. The Labute approximate surface area is 191 Å². The number of para-hydroxylation sites is 2. The molecule has 2 nitrogen and oxygen atoms in total. The number of fused-ring (bicyclic) bond motifs is 3. The molecule has 0 spiro atoms. The van der Waals surface area contributed by atoms with Gasteiger partial charge in [0.15, 0.2) is 0 Å². The van der Waals surface area contributed by atoms with Gasteiger partial charge in [0.1, 0.15) is 11.2 Å². The molecule has 0 aliphatic carbocycles. The van der Waals surface area contributed by atoms with Crippen molar-refractivity contribution in [2.45, 2.75) is 26.2 Å². The summed E-state index contributed by atoms with van der Waals surface area (Å²) in [6.07, 6.45) is 0. The molecular formula is C28H24BrNO. The highest BCUT2D eigenvalue weighted by molar-refractivity contribution is 9.10. The molecule has 4 aromatic carbocycles. The van der Waals surface area contributed by atoms with Crippen LogP contribution in [0, 0.1) is 0 Å². The van der Waals surface area contributed by atoms with Crippen LogP contribution in [0.1, 0.15) is 26.3 Å². The predicted octanol–water partition coefficient (Wildman–Crippen LogP) is 9.06. The number of anilines is 2. The fourth-order valence-electron chi connectivity index (χ4n) is 3.95. The molecule has 5 rings (SSSR count). The lowest BCUT2D eigenvalue weighted by Crippen LogP contribution is -2.11. The van der Waals surface area contributed by atoms with E-state index in [0.29, 0.717) is 0 Å². The second kappa shape index (κ2) is 7.58. The Morgan fingerprint density at radius 2 is 1.52 bits per heavy atom. The van der Waals surface area contributed by atoms with Gasteiger partial charge in [-0.3, -0.25) is 0 Å². The lowest BCUT2D eigenvalue weighted by atomic mass is 9.87. The number of rotatable bonds is 3. The molecule has 0 saturated carbocycles. The van der Waals surface area contributed by atoms with Crippen LogP contribution in [-0.4, -0.2) is 0 Å². The first-order valence-corrected chi connectivity index (χ1v) is 11.3. The summed E-state index contributed by atoms with van der Waals surface area (Å²) in [5.41, 5.74) is 7.62. The molecule has 1 N–H and O–H groups in total. The molecule has 5 aromatic rings. The highest BCUT2D eigenvalue weighted by Gasteiger charge is 2.15. The third-order valence-corrected chi connectivity index (χ3v) is 6.40. The molecule has 0 saturated heterocycles. The third-order valence-electron chi connectivity index (χ3n) is 5.71. The van der Waals surface area contributed by atoms with E-state index >= 15 is 0 Å². The number of nitrogens with one attached hydrogen (secondary N) is 1. The van der Waals surface area contributed by atoms with E-state index in [9.17, 15) is 0 Å². The summed E-state index contributed by atoms with van der Waals surface area (Å²) in [6.45, 7) is 6.69. The summed E-state index contributed by atoms with van der Waals surface area (Å²) in [5.74, 6) is 0. The average Bonchev–Trinajstić information content (AvgIpc) is 3.14. The van der Waals surface area contributed by atoms with E-state index in [1.165, 1.54) is 5.56 Å². The van der Waals surface area contributed by atoms with E-state index in [0.717, 1.165) is 48.9 Å². The summed E-state index contributed by atoms with van der Waals surface area (Å²) in [7, 11) is 0. The van der Waals surface area contributed by atoms with Crippen LogP contribution in [0.25, 0.3) is 33.1 Å². The van der Waals surface area contributed by atoms with Crippen molar-refractivity contribution in [2.75, 3.05) is 5.32 Å². The van der Waals surface area contributed by atoms with Crippen LogP contribution < -0.4 is 5.32 Å². The monoisotopic (exact) mass is 469 g/mol.